The van der Waals surface area contributed by atoms with Crippen LogP contribution in [0.15, 0.2) is 82.4 Å². The number of benzene rings is 2. The fraction of sp³-hybridized carbons (Fsp3) is 0.431. The van der Waals surface area contributed by atoms with E-state index in [1.807, 2.05) is 60.7 Å². The Morgan fingerprint density at radius 1 is 0.545 bits per heavy atom. The number of para-hydroxylation sites is 2. The average Bonchev–Trinajstić information content (AvgIpc) is 1.46. The van der Waals surface area contributed by atoms with Gasteiger partial charge in [-0.15, -0.1) is 0 Å². The van der Waals surface area contributed by atoms with Crippen molar-refractivity contribution < 1.29 is 101 Å². The number of pyridine rings is 4. The van der Waals surface area contributed by atoms with Gasteiger partial charge in [0.05, 0.1) is 58.0 Å². The first kappa shape index (κ1) is 81.8. The molecule has 34 nitrogen and oxygen atoms in total. The molecule has 584 valence electrons. The van der Waals surface area contributed by atoms with Crippen molar-refractivity contribution in [2.24, 2.45) is 5.73 Å². The van der Waals surface area contributed by atoms with Crippen LogP contribution in [0.1, 0.15) is 119 Å². The zero-order chi connectivity index (χ0) is 79.1. The lowest BCUT2D eigenvalue weighted by atomic mass is 9.85. The van der Waals surface area contributed by atoms with E-state index in [1.165, 1.54) is 22.3 Å². The zero-order valence-corrected chi connectivity index (χ0v) is 63.2. The van der Waals surface area contributed by atoms with Gasteiger partial charge in [0.1, 0.15) is 56.6 Å². The summed E-state index contributed by atoms with van der Waals surface area (Å²) in [5, 5.41) is 35.6. The maximum absolute atomic E-state index is 14.3. The molecule has 6 aromatic rings. The van der Waals surface area contributed by atoms with Crippen LogP contribution < -0.4 is 48.8 Å². The molecule has 0 bridgehead atoms. The van der Waals surface area contributed by atoms with Crippen molar-refractivity contribution in [3.63, 3.8) is 0 Å². The summed E-state index contributed by atoms with van der Waals surface area (Å²) in [5.74, 6) is -10.6. The molecule has 38 heteroatoms. The summed E-state index contributed by atoms with van der Waals surface area (Å²) in [6, 6.07) is 14.8. The summed E-state index contributed by atoms with van der Waals surface area (Å²) in [7, 11) is 4.44. The van der Waals surface area contributed by atoms with E-state index >= 15 is 0 Å². The Bertz CT molecular complexity index is 4790. The number of nitrogens with zero attached hydrogens (tertiary/aromatic N) is 4. The summed E-state index contributed by atoms with van der Waals surface area (Å²) < 4.78 is 36.3. The number of primary amides is 1. The van der Waals surface area contributed by atoms with E-state index in [9.17, 15) is 82.1 Å². The molecule has 0 radical (unpaired) electrons. The first-order chi connectivity index (χ1) is 52.6. The highest BCUT2D eigenvalue weighted by atomic mass is 33.1. The second-order valence-corrected chi connectivity index (χ2v) is 31.1. The molecule has 4 aromatic heterocycles. The van der Waals surface area contributed by atoms with E-state index in [4.69, 9.17) is 44.1 Å². The second kappa shape index (κ2) is 36.7. The Morgan fingerprint density at radius 2 is 0.964 bits per heavy atom. The standard InChI is InChI=1S/C72H79N11O23S4/c1-5-71(45-29-54-58-41(27-39-13-7-9-15-47(39)77-58)31-82(54)65(95)43(45)33-103-67(71)97)105-69(99)101-23-25-107-109-35-52(75-37(3)84)61(91)74-22-12-11-17-50(62(92)81-51(19-21-57(88)89)63(93)79-49(60(73)90)18-20-56(86)87)80-64(94)53(76-38(4)85)36-110-108-26-24-102-70(100)106-72(6-2)46-30-55-59-42(28-40-14-8-10-16-48(40)78-59)32-83(55)66(96)44(46)34-104-68(72)98/h7-10,13-16,27-30,49-53H,5-6,11-12,17-26,31-36H2,1-4H3,(H2,73,90)(H,74,91)(H,75,84)(H,76,85)(H,79,93)(H,80,94)(H,81,92)(H,86,87)(H,88,89)/t49-,50-,51-,52+,53+,71-,72+/m0/s1. The third-order valence-corrected chi connectivity index (χ3v) is 23.3. The molecule has 0 spiro atoms. The molecule has 8 heterocycles. The molecule has 2 aromatic carbocycles. The molecule has 0 saturated heterocycles. The van der Waals surface area contributed by atoms with Crippen molar-refractivity contribution in [3.05, 3.63) is 127 Å². The van der Waals surface area contributed by atoms with Crippen molar-refractivity contribution in [1.82, 2.24) is 51.0 Å². The number of cyclic esters (lactones) is 2. The lowest BCUT2D eigenvalue weighted by Gasteiger charge is -2.35. The third kappa shape index (κ3) is 19.1. The van der Waals surface area contributed by atoms with Crippen LogP contribution in [0.2, 0.25) is 0 Å². The molecule has 10 N–H and O–H groups in total. The maximum Gasteiger partial charge on any atom is 0.509 e. The highest BCUT2D eigenvalue weighted by molar-refractivity contribution is 8.77. The van der Waals surface area contributed by atoms with Gasteiger partial charge in [-0.25, -0.2) is 29.1 Å². The number of nitrogens with two attached hydrogens (primary N) is 1. The number of aromatic nitrogens is 4. The van der Waals surface area contributed by atoms with Gasteiger partial charge in [-0.2, -0.15) is 0 Å². The molecule has 0 unspecified atom stereocenters. The van der Waals surface area contributed by atoms with Crippen LogP contribution in [-0.2, 0) is 119 Å². The first-order valence-electron chi connectivity index (χ1n) is 35.0. The van der Waals surface area contributed by atoms with Gasteiger partial charge in [-0.05, 0) is 81.3 Å². The number of aliphatic carboxylic acids is 2. The number of carbonyl (C=O) groups excluding carboxylic acids is 11. The molecule has 7 atom stereocenters. The molecule has 7 amide bonds. The number of fused-ring (bicyclic) bond motifs is 10. The molecular weight excluding hydrogens is 1520 g/mol. The SMILES string of the molecule is CC[C@]1(OC(=O)OCCSSC[C@@H](NC(C)=O)C(=O)N[C@@H](CCCCNC(=O)[C@@H](CSSCCOC(=O)O[C@]2(CC)C(=O)OCc3c2cc2n(c3=O)Cc3cc4ccccc4nc3-2)NC(C)=O)C(=O)N[C@@H](CCC(=O)O)C(=O)N[C@@H](CCC(=O)O)C(N)=O)C(=O)OCc2c1cc1n(c2=O)Cc2cc3ccccc3nc2-1. The van der Waals surface area contributed by atoms with Gasteiger partial charge in [0.15, 0.2) is 0 Å². The molecule has 0 saturated carbocycles. The predicted octanol–water partition coefficient (Wildman–Crippen LogP) is 4.22. The lowest BCUT2D eigenvalue weighted by molar-refractivity contribution is -0.175. The van der Waals surface area contributed by atoms with Gasteiger partial charge in [-0.1, -0.05) is 93.4 Å². The normalized spacial score (nSPS) is 16.9. The molecule has 10 rings (SSSR count). The number of carboxylic acids is 2. The van der Waals surface area contributed by atoms with Crippen LogP contribution in [0.3, 0.4) is 0 Å². The summed E-state index contributed by atoms with van der Waals surface area (Å²) in [6.07, 6.45) is -5.12. The number of carboxylic acid groups (broad SMARTS) is 2. The minimum Gasteiger partial charge on any atom is -0.481 e. The van der Waals surface area contributed by atoms with Gasteiger partial charge >= 0.3 is 36.2 Å². The minimum atomic E-state index is -2.07. The van der Waals surface area contributed by atoms with Gasteiger partial charge in [-0.3, -0.25) is 52.7 Å². The maximum atomic E-state index is 14.3. The Kier molecular flexibility index (Phi) is 27.2. The Morgan fingerprint density at radius 3 is 1.40 bits per heavy atom. The molecule has 0 aliphatic carbocycles. The fourth-order valence-electron chi connectivity index (χ4n) is 13.0. The summed E-state index contributed by atoms with van der Waals surface area (Å²) in [4.78, 5) is 208. The average molecular weight is 1590 g/mol. The zero-order valence-electron chi connectivity index (χ0n) is 59.9. The van der Waals surface area contributed by atoms with Crippen LogP contribution in [0, 0.1) is 0 Å². The number of amides is 7. The molecule has 0 fully saturated rings. The lowest BCUT2D eigenvalue weighted by Crippen LogP contribution is -2.58. The highest BCUT2D eigenvalue weighted by Gasteiger charge is 2.53. The first-order valence-corrected chi connectivity index (χ1v) is 40.0. The predicted molar refractivity (Wildman–Crippen MR) is 400 cm³/mol. The molecule has 4 aliphatic heterocycles. The number of hydrogen-bond acceptors (Lipinski definition) is 27. The van der Waals surface area contributed by atoms with Crippen LogP contribution >= 0.6 is 43.2 Å². The monoisotopic (exact) mass is 1590 g/mol. The smallest absolute Gasteiger partial charge is 0.481 e. The number of unbranched alkanes of at least 4 members (excludes halogenated alkanes) is 1. The van der Waals surface area contributed by atoms with Crippen LogP contribution in [-0.4, -0.2) is 180 Å². The van der Waals surface area contributed by atoms with E-state index in [-0.39, 0.29) is 123 Å². The molecular formula is C72H79N11O23S4. The van der Waals surface area contributed by atoms with Crippen LogP contribution in [0.25, 0.3) is 44.6 Å². The quantitative estimate of drug-likeness (QED) is 0.0114. The molecule has 4 aliphatic rings. The Labute approximate surface area is 642 Å². The van der Waals surface area contributed by atoms with E-state index in [0.29, 0.717) is 33.8 Å². The highest BCUT2D eigenvalue weighted by Crippen LogP contribution is 2.44. The fourth-order valence-corrected chi connectivity index (χ4v) is 17.0. The Balaban J connectivity index is 0.725. The van der Waals surface area contributed by atoms with Crippen molar-refractivity contribution in [1.29, 1.82) is 0 Å². The van der Waals surface area contributed by atoms with Crippen molar-refractivity contribution in [2.75, 3.05) is 42.8 Å². The summed E-state index contributed by atoms with van der Waals surface area (Å²) in [5.41, 5.74) is 5.93. The number of rotatable bonds is 37. The number of nitrogens with one attached hydrogen (secondary N) is 6. The van der Waals surface area contributed by atoms with Crippen molar-refractivity contribution in [2.45, 2.75) is 153 Å². The minimum absolute atomic E-state index is 0.00383. The molecule has 110 heavy (non-hydrogen) atoms. The van der Waals surface area contributed by atoms with Crippen molar-refractivity contribution in [3.8, 4) is 22.8 Å². The third-order valence-electron chi connectivity index (χ3n) is 18.5. The summed E-state index contributed by atoms with van der Waals surface area (Å²) >= 11 is 0. The van der Waals surface area contributed by atoms with Gasteiger partial charge < -0.3 is 85.4 Å². The van der Waals surface area contributed by atoms with E-state index < -0.39 is 156 Å². The van der Waals surface area contributed by atoms with Crippen LogP contribution in [0.5, 0.6) is 0 Å². The topological polar surface area (TPSA) is 486 Å². The number of hydrogen-bond donors (Lipinski definition) is 9. The number of ether oxygens (including phenoxy) is 6. The number of esters is 2. The summed E-state index contributed by atoms with van der Waals surface area (Å²) in [6.45, 7) is 4.64. The second-order valence-electron chi connectivity index (χ2n) is 25.9. The van der Waals surface area contributed by atoms with Gasteiger partial charge in [0.2, 0.25) is 52.6 Å². The van der Waals surface area contributed by atoms with E-state index in [0.717, 1.165) is 61.2 Å². The van der Waals surface area contributed by atoms with Crippen LogP contribution in [0.4, 0.5) is 9.59 Å². The largest absolute Gasteiger partial charge is 0.509 e. The van der Waals surface area contributed by atoms with E-state index in [1.54, 1.807) is 30.5 Å². The van der Waals surface area contributed by atoms with E-state index in [2.05, 4.69) is 31.9 Å². The number of carbonyl (C=O) groups is 13. The van der Waals surface area contributed by atoms with Crippen molar-refractivity contribution >= 4 is 143 Å². The van der Waals surface area contributed by atoms with Gasteiger partial charge in [0, 0.05) is 89.3 Å². The Hall–Kier alpha value is -10.7. The van der Waals surface area contributed by atoms with Gasteiger partial charge in [0.25, 0.3) is 11.1 Å².